The van der Waals surface area contributed by atoms with Crippen molar-refractivity contribution in [2.75, 3.05) is 19.6 Å². The third-order valence-corrected chi connectivity index (χ3v) is 5.80. The summed E-state index contributed by atoms with van der Waals surface area (Å²) in [5.41, 5.74) is 2.20. The maximum absolute atomic E-state index is 12.6. The van der Waals surface area contributed by atoms with Gasteiger partial charge in [0.05, 0.1) is 0 Å². The number of H-pyrrole nitrogens is 1. The van der Waals surface area contributed by atoms with Crippen LogP contribution in [-0.2, 0) is 0 Å². The zero-order valence-electron chi connectivity index (χ0n) is 16.9. The van der Waals surface area contributed by atoms with Gasteiger partial charge in [0.2, 0.25) is 0 Å². The minimum Gasteiger partial charge on any atom is -0.508 e. The molecular weight excluding hydrogens is 378 g/mol. The second kappa shape index (κ2) is 9.13. The number of fused-ring (bicyclic) bond motifs is 1. The van der Waals surface area contributed by atoms with Gasteiger partial charge in [0.15, 0.2) is 5.78 Å². The number of amides is 1. The normalized spacial score (nSPS) is 15.3. The van der Waals surface area contributed by atoms with Gasteiger partial charge in [0.25, 0.3) is 5.91 Å². The molecule has 2 heterocycles. The Morgan fingerprint density at radius 3 is 2.63 bits per heavy atom. The summed E-state index contributed by atoms with van der Waals surface area (Å²) >= 11 is 0. The van der Waals surface area contributed by atoms with E-state index in [0.29, 0.717) is 17.5 Å². The standard InChI is InChI=1S/C24H27N3O3/c28-19-8-9-22-20(15-19)21(16-25-22)23(29)7-4-12-27-13-10-18(11-14-27)26-24(30)17-5-2-1-3-6-17/h1-3,5-6,8-9,15-16,18,25,28H,4,7,10-14H2,(H,26,30). The van der Waals surface area contributed by atoms with Gasteiger partial charge in [-0.25, -0.2) is 0 Å². The van der Waals surface area contributed by atoms with Crippen LogP contribution in [0.15, 0.2) is 54.7 Å². The molecule has 30 heavy (non-hydrogen) atoms. The van der Waals surface area contributed by atoms with E-state index in [9.17, 15) is 14.7 Å². The SMILES string of the molecule is O=C(NC1CCN(CCCC(=O)c2c[nH]c3ccc(O)cc23)CC1)c1ccccc1. The summed E-state index contributed by atoms with van der Waals surface area (Å²) in [5, 5.41) is 13.6. The van der Waals surface area contributed by atoms with Crippen LogP contribution in [0.4, 0.5) is 0 Å². The van der Waals surface area contributed by atoms with Crippen LogP contribution in [-0.4, -0.2) is 52.4 Å². The third-order valence-electron chi connectivity index (χ3n) is 5.80. The molecule has 1 fully saturated rings. The van der Waals surface area contributed by atoms with E-state index in [-0.39, 0.29) is 23.5 Å². The largest absolute Gasteiger partial charge is 0.508 e. The number of likely N-dealkylation sites (tertiary alicyclic amines) is 1. The number of nitrogens with zero attached hydrogens (tertiary/aromatic N) is 1. The number of phenolic OH excluding ortho intramolecular Hbond substituents is 1. The van der Waals surface area contributed by atoms with Crippen molar-refractivity contribution in [3.63, 3.8) is 0 Å². The highest BCUT2D eigenvalue weighted by molar-refractivity contribution is 6.08. The van der Waals surface area contributed by atoms with Crippen LogP contribution < -0.4 is 5.32 Å². The van der Waals surface area contributed by atoms with Crippen molar-refractivity contribution in [1.29, 1.82) is 0 Å². The Morgan fingerprint density at radius 1 is 1.10 bits per heavy atom. The van der Waals surface area contributed by atoms with Crippen molar-refractivity contribution >= 4 is 22.6 Å². The van der Waals surface area contributed by atoms with Crippen LogP contribution in [0.1, 0.15) is 46.4 Å². The van der Waals surface area contributed by atoms with Crippen molar-refractivity contribution in [2.24, 2.45) is 0 Å². The van der Waals surface area contributed by atoms with Crippen LogP contribution in [0.3, 0.4) is 0 Å². The minimum atomic E-state index is -0.00980. The smallest absolute Gasteiger partial charge is 0.251 e. The predicted octanol–water partition coefficient (Wildman–Crippen LogP) is 3.73. The predicted molar refractivity (Wildman–Crippen MR) is 117 cm³/mol. The number of Topliss-reactive ketones (excluding diaryl/α,β-unsaturated/α-hetero) is 1. The maximum atomic E-state index is 12.6. The molecule has 0 spiro atoms. The summed E-state index contributed by atoms with van der Waals surface area (Å²) in [7, 11) is 0. The van der Waals surface area contributed by atoms with Crippen LogP contribution in [0.2, 0.25) is 0 Å². The molecule has 1 aromatic heterocycles. The molecular formula is C24H27N3O3. The van der Waals surface area contributed by atoms with Crippen LogP contribution in [0, 0.1) is 0 Å². The molecule has 6 heteroatoms. The molecule has 3 aromatic rings. The fraction of sp³-hybridized carbons (Fsp3) is 0.333. The summed E-state index contributed by atoms with van der Waals surface area (Å²) in [6.07, 6.45) is 4.86. The lowest BCUT2D eigenvalue weighted by molar-refractivity contribution is 0.0903. The second-order valence-electron chi connectivity index (χ2n) is 7.91. The van der Waals surface area contributed by atoms with Crippen molar-refractivity contribution in [3.05, 3.63) is 65.9 Å². The first-order chi connectivity index (χ1) is 14.6. The maximum Gasteiger partial charge on any atom is 0.251 e. The van der Waals surface area contributed by atoms with Crippen molar-refractivity contribution in [1.82, 2.24) is 15.2 Å². The molecule has 0 bridgehead atoms. The van der Waals surface area contributed by atoms with E-state index < -0.39 is 0 Å². The molecule has 1 amide bonds. The number of carbonyl (C=O) groups is 2. The van der Waals surface area contributed by atoms with E-state index in [1.54, 1.807) is 24.4 Å². The van der Waals surface area contributed by atoms with Gasteiger partial charge >= 0.3 is 0 Å². The number of aromatic amines is 1. The molecule has 0 radical (unpaired) electrons. The molecule has 0 unspecified atom stereocenters. The average Bonchev–Trinajstić information content (AvgIpc) is 3.18. The number of aromatic hydroxyl groups is 1. The topological polar surface area (TPSA) is 85.4 Å². The summed E-state index contributed by atoms with van der Waals surface area (Å²) in [6.45, 7) is 2.72. The molecule has 2 aromatic carbocycles. The molecule has 0 aliphatic carbocycles. The van der Waals surface area contributed by atoms with E-state index in [2.05, 4.69) is 15.2 Å². The number of benzene rings is 2. The van der Waals surface area contributed by atoms with Gasteiger partial charge in [0.1, 0.15) is 5.75 Å². The molecule has 1 aliphatic heterocycles. The minimum absolute atomic E-state index is 0.00980. The Hall–Kier alpha value is -3.12. The zero-order valence-corrected chi connectivity index (χ0v) is 16.9. The molecule has 0 atom stereocenters. The fourth-order valence-electron chi connectivity index (χ4n) is 4.10. The van der Waals surface area contributed by atoms with Gasteiger partial charge < -0.3 is 20.3 Å². The molecule has 1 saturated heterocycles. The Labute approximate surface area is 175 Å². The highest BCUT2D eigenvalue weighted by Crippen LogP contribution is 2.24. The number of ketones is 1. The lowest BCUT2D eigenvalue weighted by Crippen LogP contribution is -2.44. The quantitative estimate of drug-likeness (QED) is 0.523. The van der Waals surface area contributed by atoms with E-state index in [0.717, 1.165) is 49.8 Å². The average molecular weight is 405 g/mol. The molecule has 156 valence electrons. The number of hydrogen-bond acceptors (Lipinski definition) is 4. The van der Waals surface area contributed by atoms with Crippen LogP contribution >= 0.6 is 0 Å². The summed E-state index contributed by atoms with van der Waals surface area (Å²) < 4.78 is 0. The second-order valence-corrected chi connectivity index (χ2v) is 7.91. The summed E-state index contributed by atoms with van der Waals surface area (Å²) in [5.74, 6) is 0.250. The van der Waals surface area contributed by atoms with E-state index in [1.165, 1.54) is 0 Å². The molecule has 1 aliphatic rings. The number of piperidine rings is 1. The summed E-state index contributed by atoms with van der Waals surface area (Å²) in [6, 6.07) is 14.5. The van der Waals surface area contributed by atoms with Gasteiger partial charge in [-0.15, -0.1) is 0 Å². The molecule has 0 saturated carbocycles. The molecule has 4 rings (SSSR count). The molecule has 3 N–H and O–H groups in total. The number of carbonyl (C=O) groups excluding carboxylic acids is 2. The van der Waals surface area contributed by atoms with Crippen molar-refractivity contribution in [3.8, 4) is 5.75 Å². The highest BCUT2D eigenvalue weighted by atomic mass is 16.3. The Morgan fingerprint density at radius 2 is 1.87 bits per heavy atom. The Kier molecular flexibility index (Phi) is 6.14. The number of nitrogens with one attached hydrogen (secondary N) is 2. The van der Waals surface area contributed by atoms with E-state index in [1.807, 2.05) is 30.3 Å². The number of aromatic nitrogens is 1. The van der Waals surface area contributed by atoms with Gasteiger partial charge in [0, 0.05) is 53.8 Å². The van der Waals surface area contributed by atoms with Gasteiger partial charge in [-0.1, -0.05) is 18.2 Å². The first-order valence-corrected chi connectivity index (χ1v) is 10.5. The third kappa shape index (κ3) is 4.71. The Balaban J connectivity index is 1.21. The monoisotopic (exact) mass is 405 g/mol. The van der Waals surface area contributed by atoms with Crippen LogP contribution in [0.5, 0.6) is 5.75 Å². The van der Waals surface area contributed by atoms with Crippen molar-refractivity contribution in [2.45, 2.75) is 31.7 Å². The van der Waals surface area contributed by atoms with Crippen LogP contribution in [0.25, 0.3) is 10.9 Å². The van der Waals surface area contributed by atoms with Gasteiger partial charge in [-0.3, -0.25) is 9.59 Å². The fourth-order valence-corrected chi connectivity index (χ4v) is 4.10. The zero-order chi connectivity index (χ0) is 20.9. The van der Waals surface area contributed by atoms with Gasteiger partial charge in [-0.2, -0.15) is 0 Å². The lowest BCUT2D eigenvalue weighted by atomic mass is 10.0. The van der Waals surface area contributed by atoms with Gasteiger partial charge in [-0.05, 0) is 56.1 Å². The highest BCUT2D eigenvalue weighted by Gasteiger charge is 2.21. The first-order valence-electron chi connectivity index (χ1n) is 10.5. The lowest BCUT2D eigenvalue weighted by Gasteiger charge is -2.32. The van der Waals surface area contributed by atoms with E-state index in [4.69, 9.17) is 0 Å². The number of hydrogen-bond donors (Lipinski definition) is 3. The summed E-state index contributed by atoms with van der Waals surface area (Å²) in [4.78, 5) is 30.4. The Bertz CT molecular complexity index is 1020. The van der Waals surface area contributed by atoms with Crippen molar-refractivity contribution < 1.29 is 14.7 Å². The number of rotatable bonds is 7. The van der Waals surface area contributed by atoms with E-state index >= 15 is 0 Å². The molecule has 6 nitrogen and oxygen atoms in total. The number of phenols is 1. The first kappa shape index (κ1) is 20.2.